The van der Waals surface area contributed by atoms with Gasteiger partial charge in [0.2, 0.25) is 0 Å². The predicted molar refractivity (Wildman–Crippen MR) is 38.9 cm³/mol. The van der Waals surface area contributed by atoms with Crippen molar-refractivity contribution in [3.8, 4) is 0 Å². The third kappa shape index (κ3) is 6.14. The van der Waals surface area contributed by atoms with Gasteiger partial charge in [-0.2, -0.15) is 0 Å². The molecule has 0 saturated heterocycles. The third-order valence-corrected chi connectivity index (χ3v) is 1.72. The summed E-state index contributed by atoms with van der Waals surface area (Å²) in [7, 11) is -3.90. The molecule has 0 aromatic rings. The maximum Gasteiger partial charge on any atom is 0.507 e. The molecule has 10 heavy (non-hydrogen) atoms. The molecule has 0 aliphatic heterocycles. The Balaban J connectivity index is 3.36. The summed E-state index contributed by atoms with van der Waals surface area (Å²) >= 11 is 0. The fourth-order valence-corrected chi connectivity index (χ4v) is 1.02. The minimum absolute atomic E-state index is 0.00155. The summed E-state index contributed by atoms with van der Waals surface area (Å²) in [5.41, 5.74) is 5.21. The molecule has 0 aromatic carbocycles. The Labute approximate surface area is 60.9 Å². The van der Waals surface area contributed by atoms with Crippen LogP contribution in [0.2, 0.25) is 0 Å². The average molecular weight is 166 g/mol. The van der Waals surface area contributed by atoms with E-state index in [1.165, 1.54) is 0 Å². The van der Waals surface area contributed by atoms with E-state index >= 15 is 0 Å². The molecule has 0 fully saturated rings. The van der Waals surface area contributed by atoms with Crippen LogP contribution in [0.4, 0.5) is 0 Å². The maximum atomic E-state index is 8.51. The monoisotopic (exact) mass is 166 g/mol. The number of nitrogens with one attached hydrogen (secondary N) is 1. The fraction of sp³-hybridized carbons (Fsp3) is 1.00. The molecule has 6 N–H and O–H groups in total. The molecule has 1 unspecified atom stereocenters. The molecular formula is C4H14N2O3Si. The summed E-state index contributed by atoms with van der Waals surface area (Å²) in [4.78, 5) is 25.5. The Morgan fingerprint density at radius 1 is 1.50 bits per heavy atom. The molecule has 0 aliphatic rings. The Hall–Kier alpha value is 0.0169. The van der Waals surface area contributed by atoms with Crippen LogP contribution in [0.1, 0.15) is 6.92 Å². The zero-order valence-corrected chi connectivity index (χ0v) is 6.91. The van der Waals surface area contributed by atoms with E-state index in [-0.39, 0.29) is 12.2 Å². The zero-order valence-electron chi connectivity index (χ0n) is 5.91. The highest BCUT2D eigenvalue weighted by molar-refractivity contribution is 6.56. The van der Waals surface area contributed by atoms with Crippen LogP contribution in [0.15, 0.2) is 0 Å². The van der Waals surface area contributed by atoms with Crippen molar-refractivity contribution in [1.82, 2.24) is 5.32 Å². The van der Waals surface area contributed by atoms with Gasteiger partial charge in [-0.05, 0) is 6.92 Å². The Morgan fingerprint density at radius 2 is 2.00 bits per heavy atom. The summed E-state index contributed by atoms with van der Waals surface area (Å²) in [6, 6.07) is -0.00155. The van der Waals surface area contributed by atoms with Gasteiger partial charge in [0.05, 0.1) is 6.17 Å². The molecule has 0 saturated carbocycles. The van der Waals surface area contributed by atoms with Crippen LogP contribution in [-0.4, -0.2) is 41.9 Å². The lowest BCUT2D eigenvalue weighted by molar-refractivity contribution is 0.222. The molecular weight excluding hydrogens is 152 g/mol. The molecule has 0 aromatic heterocycles. The minimum Gasteiger partial charge on any atom is -0.389 e. The first-order valence-corrected chi connectivity index (χ1v) is 5.11. The van der Waals surface area contributed by atoms with Gasteiger partial charge < -0.3 is 25.4 Å². The number of hydrogen-bond donors (Lipinski definition) is 5. The van der Waals surface area contributed by atoms with Crippen LogP contribution in [0, 0.1) is 0 Å². The molecule has 5 nitrogen and oxygen atoms in total. The van der Waals surface area contributed by atoms with Crippen molar-refractivity contribution in [2.45, 2.75) is 13.0 Å². The lowest BCUT2D eigenvalue weighted by Gasteiger charge is -2.14. The lowest BCUT2D eigenvalue weighted by atomic mass is 10.4. The van der Waals surface area contributed by atoms with E-state index in [4.69, 9.17) is 20.1 Å². The largest absolute Gasteiger partial charge is 0.507 e. The van der Waals surface area contributed by atoms with Crippen molar-refractivity contribution in [2.24, 2.45) is 5.73 Å². The van der Waals surface area contributed by atoms with Crippen molar-refractivity contribution in [3.05, 3.63) is 0 Å². The summed E-state index contributed by atoms with van der Waals surface area (Å²) < 4.78 is 0. The van der Waals surface area contributed by atoms with E-state index in [1.54, 1.807) is 6.92 Å². The van der Waals surface area contributed by atoms with Crippen LogP contribution < -0.4 is 11.1 Å². The Morgan fingerprint density at radius 3 is 2.30 bits per heavy atom. The van der Waals surface area contributed by atoms with Crippen molar-refractivity contribution < 1.29 is 14.4 Å². The first kappa shape index (κ1) is 10.0. The minimum atomic E-state index is -3.90. The Bertz CT molecular complexity index is 95.0. The van der Waals surface area contributed by atoms with Gasteiger partial charge in [-0.1, -0.05) is 0 Å². The SMILES string of the molecule is CC(CN)NC[Si](O)(O)O. The summed E-state index contributed by atoms with van der Waals surface area (Å²) in [6.45, 7) is 2.20. The summed E-state index contributed by atoms with van der Waals surface area (Å²) in [5.74, 6) is 0. The molecule has 6 heteroatoms. The molecule has 0 heterocycles. The topological polar surface area (TPSA) is 98.7 Å². The zero-order chi connectivity index (χ0) is 8.20. The van der Waals surface area contributed by atoms with E-state index in [2.05, 4.69) is 5.32 Å². The van der Waals surface area contributed by atoms with E-state index in [0.717, 1.165) is 0 Å². The maximum absolute atomic E-state index is 8.51. The van der Waals surface area contributed by atoms with Gasteiger partial charge in [-0.15, -0.1) is 0 Å². The molecule has 62 valence electrons. The first-order chi connectivity index (χ1) is 4.45. The standard InChI is InChI=1S/C4H14N2O3Si/c1-4(2-5)6-3-10(7,8)9/h4,6-9H,2-3,5H2,1H3. The van der Waals surface area contributed by atoms with Crippen molar-refractivity contribution in [3.63, 3.8) is 0 Å². The molecule has 0 spiro atoms. The molecule has 0 rings (SSSR count). The highest BCUT2D eigenvalue weighted by atomic mass is 28.4. The first-order valence-electron chi connectivity index (χ1n) is 3.06. The van der Waals surface area contributed by atoms with E-state index < -0.39 is 8.80 Å². The Kier molecular flexibility index (Phi) is 4.02. The number of hydrogen-bond acceptors (Lipinski definition) is 5. The average Bonchev–Trinajstić information content (AvgIpc) is 1.81. The number of nitrogens with two attached hydrogens (primary N) is 1. The quantitative estimate of drug-likeness (QED) is 0.294. The van der Waals surface area contributed by atoms with Gasteiger partial charge in [-0.3, -0.25) is 0 Å². The van der Waals surface area contributed by atoms with Gasteiger partial charge in [0, 0.05) is 12.6 Å². The molecule has 0 radical (unpaired) electrons. The number of rotatable bonds is 4. The van der Waals surface area contributed by atoms with E-state index in [1.807, 2.05) is 0 Å². The van der Waals surface area contributed by atoms with Crippen molar-refractivity contribution >= 4 is 8.80 Å². The van der Waals surface area contributed by atoms with Crippen molar-refractivity contribution in [2.75, 3.05) is 12.7 Å². The van der Waals surface area contributed by atoms with Gasteiger partial charge in [-0.25, -0.2) is 0 Å². The fourth-order valence-electron chi connectivity index (χ4n) is 0.394. The van der Waals surface area contributed by atoms with Gasteiger partial charge >= 0.3 is 8.80 Å². The van der Waals surface area contributed by atoms with Crippen LogP contribution >= 0.6 is 0 Å². The van der Waals surface area contributed by atoms with Crippen LogP contribution in [-0.2, 0) is 0 Å². The smallest absolute Gasteiger partial charge is 0.389 e. The molecule has 0 amide bonds. The molecule has 0 bridgehead atoms. The highest BCUT2D eigenvalue weighted by Gasteiger charge is 2.26. The highest BCUT2D eigenvalue weighted by Crippen LogP contribution is 1.83. The second-order valence-corrected chi connectivity index (χ2v) is 4.19. The second-order valence-electron chi connectivity index (χ2n) is 2.29. The van der Waals surface area contributed by atoms with E-state index in [9.17, 15) is 0 Å². The van der Waals surface area contributed by atoms with Gasteiger partial charge in [0.25, 0.3) is 0 Å². The normalized spacial score (nSPS) is 15.3. The van der Waals surface area contributed by atoms with Gasteiger partial charge in [0.15, 0.2) is 0 Å². The molecule has 1 atom stereocenters. The second kappa shape index (κ2) is 4.01. The third-order valence-electron chi connectivity index (χ3n) is 1.04. The van der Waals surface area contributed by atoms with Crippen molar-refractivity contribution in [1.29, 1.82) is 0 Å². The lowest BCUT2D eigenvalue weighted by Crippen LogP contribution is -2.50. The summed E-state index contributed by atoms with van der Waals surface area (Å²) in [6.07, 6.45) is -0.161. The van der Waals surface area contributed by atoms with Crippen LogP contribution in [0.25, 0.3) is 0 Å². The van der Waals surface area contributed by atoms with Crippen LogP contribution in [0.3, 0.4) is 0 Å². The van der Waals surface area contributed by atoms with Gasteiger partial charge in [0.1, 0.15) is 0 Å². The predicted octanol–water partition coefficient (Wildman–Crippen LogP) is -2.62. The van der Waals surface area contributed by atoms with E-state index in [0.29, 0.717) is 6.54 Å². The summed E-state index contributed by atoms with van der Waals surface area (Å²) in [5, 5.41) is 2.66. The van der Waals surface area contributed by atoms with Crippen LogP contribution in [0.5, 0.6) is 0 Å². The molecule has 0 aliphatic carbocycles.